The lowest BCUT2D eigenvalue weighted by molar-refractivity contribution is 0.0700. The summed E-state index contributed by atoms with van der Waals surface area (Å²) in [4.78, 5) is 8.61. The number of benzene rings is 1. The van der Waals surface area contributed by atoms with Crippen LogP contribution in [0.3, 0.4) is 0 Å². The van der Waals surface area contributed by atoms with Gasteiger partial charge in [0.25, 0.3) is 0 Å². The lowest BCUT2D eigenvalue weighted by Gasteiger charge is -2.25. The van der Waals surface area contributed by atoms with Crippen LogP contribution in [0.25, 0.3) is 11.4 Å². The highest BCUT2D eigenvalue weighted by atomic mass is 16.5. The number of imidazole rings is 2. The van der Waals surface area contributed by atoms with E-state index in [1.807, 2.05) is 30.9 Å². The first kappa shape index (κ1) is 16.8. The first-order chi connectivity index (χ1) is 12.9. The molecule has 0 spiro atoms. The van der Waals surface area contributed by atoms with Crippen molar-refractivity contribution in [3.63, 3.8) is 0 Å². The summed E-state index contributed by atoms with van der Waals surface area (Å²) in [5.41, 5.74) is 1.12. The van der Waals surface area contributed by atoms with Crippen LogP contribution in [-0.2, 0) is 11.3 Å². The average molecular weight is 352 g/mol. The van der Waals surface area contributed by atoms with E-state index in [2.05, 4.69) is 37.4 Å². The van der Waals surface area contributed by atoms with Gasteiger partial charge in [0.1, 0.15) is 11.6 Å². The minimum atomic E-state index is 0.473. The normalized spacial score (nSPS) is 15.2. The number of aromatic nitrogens is 4. The van der Waals surface area contributed by atoms with Crippen LogP contribution in [0.1, 0.15) is 25.3 Å². The zero-order valence-electron chi connectivity index (χ0n) is 14.8. The van der Waals surface area contributed by atoms with Gasteiger partial charge in [0.05, 0.1) is 12.9 Å². The largest absolute Gasteiger partial charge is 0.494 e. The summed E-state index contributed by atoms with van der Waals surface area (Å²) in [5.74, 6) is 1.91. The van der Waals surface area contributed by atoms with Crippen molar-refractivity contribution in [2.45, 2.75) is 31.8 Å². The van der Waals surface area contributed by atoms with Crippen LogP contribution < -0.4 is 4.74 Å². The fourth-order valence-electron chi connectivity index (χ4n) is 3.35. The van der Waals surface area contributed by atoms with Crippen molar-refractivity contribution in [2.24, 2.45) is 0 Å². The van der Waals surface area contributed by atoms with E-state index >= 15 is 0 Å². The first-order valence-corrected chi connectivity index (χ1v) is 9.20. The molecule has 0 aliphatic carbocycles. The molecule has 1 aliphatic rings. The number of aryl methyl sites for hydroxylation is 1. The van der Waals surface area contributed by atoms with Crippen molar-refractivity contribution in [3.05, 3.63) is 55.4 Å². The van der Waals surface area contributed by atoms with Crippen molar-refractivity contribution in [2.75, 3.05) is 19.8 Å². The monoisotopic (exact) mass is 352 g/mol. The van der Waals surface area contributed by atoms with Crippen LogP contribution in [-0.4, -0.2) is 38.9 Å². The molecule has 0 atom stereocenters. The molecule has 6 nitrogen and oxygen atoms in total. The van der Waals surface area contributed by atoms with Gasteiger partial charge >= 0.3 is 0 Å². The van der Waals surface area contributed by atoms with Gasteiger partial charge in [0.15, 0.2) is 0 Å². The third-order valence-electron chi connectivity index (χ3n) is 4.75. The summed E-state index contributed by atoms with van der Waals surface area (Å²) in [6.45, 7) is 3.26. The van der Waals surface area contributed by atoms with Gasteiger partial charge in [-0.25, -0.2) is 9.97 Å². The SMILES string of the molecule is c1cn(CCCOc2ccc(-c3nccn3C3CCOCC3)cc2)cn1. The minimum Gasteiger partial charge on any atom is -0.494 e. The Morgan fingerprint density at radius 2 is 1.92 bits per heavy atom. The van der Waals surface area contributed by atoms with Crippen molar-refractivity contribution < 1.29 is 9.47 Å². The maximum atomic E-state index is 5.85. The van der Waals surface area contributed by atoms with Gasteiger partial charge in [-0.3, -0.25) is 0 Å². The first-order valence-electron chi connectivity index (χ1n) is 9.20. The van der Waals surface area contributed by atoms with E-state index in [0.29, 0.717) is 12.6 Å². The van der Waals surface area contributed by atoms with Crippen LogP contribution in [0.4, 0.5) is 0 Å². The third-order valence-corrected chi connectivity index (χ3v) is 4.75. The van der Waals surface area contributed by atoms with Gasteiger partial charge < -0.3 is 18.6 Å². The fraction of sp³-hybridized carbons (Fsp3) is 0.400. The average Bonchev–Trinajstić information content (AvgIpc) is 3.38. The Labute approximate surface area is 153 Å². The predicted octanol–water partition coefficient (Wildman–Crippen LogP) is 3.57. The molecule has 1 saturated heterocycles. The molecule has 1 aliphatic heterocycles. The highest BCUT2D eigenvalue weighted by Crippen LogP contribution is 2.28. The lowest BCUT2D eigenvalue weighted by atomic mass is 10.1. The minimum absolute atomic E-state index is 0.473. The number of ether oxygens (including phenoxy) is 2. The fourth-order valence-corrected chi connectivity index (χ4v) is 3.35. The molecule has 3 aromatic rings. The maximum absolute atomic E-state index is 5.85. The molecule has 0 amide bonds. The van der Waals surface area contributed by atoms with Crippen LogP contribution >= 0.6 is 0 Å². The maximum Gasteiger partial charge on any atom is 0.140 e. The Morgan fingerprint density at radius 1 is 1.08 bits per heavy atom. The Balaban J connectivity index is 1.35. The Hall–Kier alpha value is -2.60. The number of rotatable bonds is 7. The number of hydrogen-bond acceptors (Lipinski definition) is 4. The molecule has 0 radical (unpaired) electrons. The van der Waals surface area contributed by atoms with Crippen LogP contribution in [0.5, 0.6) is 5.75 Å². The zero-order chi connectivity index (χ0) is 17.6. The van der Waals surface area contributed by atoms with Crippen molar-refractivity contribution in [1.82, 2.24) is 19.1 Å². The molecule has 6 heteroatoms. The van der Waals surface area contributed by atoms with Gasteiger partial charge in [-0.15, -0.1) is 0 Å². The molecule has 0 unspecified atom stereocenters. The predicted molar refractivity (Wildman–Crippen MR) is 99.1 cm³/mol. The van der Waals surface area contributed by atoms with Gasteiger partial charge in [-0.05, 0) is 43.5 Å². The van der Waals surface area contributed by atoms with E-state index in [1.165, 1.54) is 0 Å². The zero-order valence-corrected chi connectivity index (χ0v) is 14.8. The molecule has 1 fully saturated rings. The smallest absolute Gasteiger partial charge is 0.140 e. The Kier molecular flexibility index (Phi) is 5.30. The molecule has 0 saturated carbocycles. The molecule has 0 bridgehead atoms. The van der Waals surface area contributed by atoms with E-state index in [9.17, 15) is 0 Å². The standard InChI is InChI=1S/C20H24N4O2/c1(10-23-11-8-21-16-23)13-26-19-4-2-17(3-5-19)20-22-9-12-24(20)18-6-14-25-15-7-18/h2-5,8-9,11-12,16,18H,1,6-7,10,13-15H2. The second kappa shape index (κ2) is 8.19. The van der Waals surface area contributed by atoms with Crippen LogP contribution in [0.15, 0.2) is 55.4 Å². The van der Waals surface area contributed by atoms with E-state index in [1.54, 1.807) is 6.20 Å². The van der Waals surface area contributed by atoms with E-state index < -0.39 is 0 Å². The molecule has 26 heavy (non-hydrogen) atoms. The second-order valence-electron chi connectivity index (χ2n) is 6.53. The summed E-state index contributed by atoms with van der Waals surface area (Å²) >= 11 is 0. The van der Waals surface area contributed by atoms with Gasteiger partial charge in [-0.2, -0.15) is 0 Å². The highest BCUT2D eigenvalue weighted by molar-refractivity contribution is 5.57. The molecule has 1 aromatic carbocycles. The highest BCUT2D eigenvalue weighted by Gasteiger charge is 2.18. The Morgan fingerprint density at radius 3 is 2.69 bits per heavy atom. The molecule has 2 aromatic heterocycles. The van der Waals surface area contributed by atoms with Crippen molar-refractivity contribution in [1.29, 1.82) is 0 Å². The quantitative estimate of drug-likeness (QED) is 0.610. The lowest BCUT2D eigenvalue weighted by Crippen LogP contribution is -2.19. The van der Waals surface area contributed by atoms with Gasteiger partial charge in [0.2, 0.25) is 0 Å². The van der Waals surface area contributed by atoms with Gasteiger partial charge in [0, 0.05) is 56.2 Å². The molecular weight excluding hydrogens is 328 g/mol. The van der Waals surface area contributed by atoms with Crippen molar-refractivity contribution in [3.8, 4) is 17.1 Å². The topological polar surface area (TPSA) is 54.1 Å². The van der Waals surface area contributed by atoms with E-state index in [4.69, 9.17) is 9.47 Å². The van der Waals surface area contributed by atoms with Crippen LogP contribution in [0, 0.1) is 0 Å². The molecular formula is C20H24N4O2. The van der Waals surface area contributed by atoms with Crippen molar-refractivity contribution >= 4 is 0 Å². The second-order valence-corrected chi connectivity index (χ2v) is 6.53. The third kappa shape index (κ3) is 3.96. The molecule has 136 valence electrons. The molecule has 3 heterocycles. The van der Waals surface area contributed by atoms with Gasteiger partial charge in [-0.1, -0.05) is 0 Å². The van der Waals surface area contributed by atoms with E-state index in [-0.39, 0.29) is 0 Å². The Bertz CT molecular complexity index is 790. The van der Waals surface area contributed by atoms with E-state index in [0.717, 1.165) is 56.2 Å². The molecule has 4 rings (SSSR count). The van der Waals surface area contributed by atoms with Crippen LogP contribution in [0.2, 0.25) is 0 Å². The summed E-state index contributed by atoms with van der Waals surface area (Å²) in [6, 6.07) is 8.69. The summed E-state index contributed by atoms with van der Waals surface area (Å²) in [7, 11) is 0. The number of hydrogen-bond donors (Lipinski definition) is 0. The summed E-state index contributed by atoms with van der Waals surface area (Å²) < 4.78 is 15.7. The summed E-state index contributed by atoms with van der Waals surface area (Å²) in [5, 5.41) is 0. The number of nitrogens with zero attached hydrogens (tertiary/aromatic N) is 4. The summed E-state index contributed by atoms with van der Waals surface area (Å²) in [6.07, 6.45) is 12.6. The molecule has 0 N–H and O–H groups in total.